The summed E-state index contributed by atoms with van der Waals surface area (Å²) in [6, 6.07) is 7.43. The van der Waals surface area contributed by atoms with Crippen LogP contribution in [0.4, 0.5) is 13.2 Å². The van der Waals surface area contributed by atoms with Gasteiger partial charge in [-0.3, -0.25) is 0 Å². The first-order valence-corrected chi connectivity index (χ1v) is 7.46. The van der Waals surface area contributed by atoms with Crippen LogP contribution in [0.3, 0.4) is 0 Å². The van der Waals surface area contributed by atoms with E-state index in [9.17, 15) is 23.1 Å². The molecule has 0 unspecified atom stereocenters. The lowest BCUT2D eigenvalue weighted by atomic mass is 10.0. The van der Waals surface area contributed by atoms with E-state index in [0.29, 0.717) is 14.9 Å². The Bertz CT molecular complexity index is 921. The highest BCUT2D eigenvalue weighted by Gasteiger charge is 2.31. The summed E-state index contributed by atoms with van der Waals surface area (Å²) in [6.45, 7) is 0. The molecule has 0 aliphatic heterocycles. The van der Waals surface area contributed by atoms with E-state index in [4.69, 9.17) is 11.6 Å². The molecule has 3 aromatic rings. The summed E-state index contributed by atoms with van der Waals surface area (Å²) in [5, 5.41) is 9.26. The molecule has 0 spiro atoms. The molecular weight excluding hydrogens is 351 g/mol. The van der Waals surface area contributed by atoms with Gasteiger partial charge in [-0.2, -0.15) is 13.2 Å². The zero-order chi connectivity index (χ0) is 16.8. The predicted octanol–water partition coefficient (Wildman–Crippen LogP) is 5.33. The Balaban J connectivity index is 2.27. The van der Waals surface area contributed by atoms with Gasteiger partial charge in [-0.25, -0.2) is 9.78 Å². The van der Waals surface area contributed by atoms with Gasteiger partial charge >= 0.3 is 12.1 Å². The number of carbonyl (C=O) groups is 1. The highest BCUT2D eigenvalue weighted by Crippen LogP contribution is 2.35. The van der Waals surface area contributed by atoms with Gasteiger partial charge in [0.1, 0.15) is 0 Å². The van der Waals surface area contributed by atoms with Gasteiger partial charge in [-0.05, 0) is 36.4 Å². The van der Waals surface area contributed by atoms with Gasteiger partial charge in [-0.15, -0.1) is 11.3 Å². The van der Waals surface area contributed by atoms with Crippen LogP contribution in [0.2, 0.25) is 4.34 Å². The number of alkyl halides is 3. The SMILES string of the molecule is O=C(O)c1cc(-c2ccc(Cl)s2)nc2ccc(C(F)(F)F)cc12. The van der Waals surface area contributed by atoms with Gasteiger partial charge in [0.25, 0.3) is 0 Å². The van der Waals surface area contributed by atoms with Crippen LogP contribution in [0.1, 0.15) is 15.9 Å². The Morgan fingerprint density at radius 3 is 2.48 bits per heavy atom. The van der Waals surface area contributed by atoms with Gasteiger partial charge in [0, 0.05) is 5.39 Å². The van der Waals surface area contributed by atoms with Crippen molar-refractivity contribution in [3.8, 4) is 10.6 Å². The summed E-state index contributed by atoms with van der Waals surface area (Å²) < 4.78 is 38.9. The molecule has 23 heavy (non-hydrogen) atoms. The average molecular weight is 358 g/mol. The molecule has 3 rings (SSSR count). The second kappa shape index (κ2) is 5.50. The number of fused-ring (bicyclic) bond motifs is 1. The summed E-state index contributed by atoms with van der Waals surface area (Å²) in [5.41, 5.74) is -0.620. The third kappa shape index (κ3) is 3.02. The number of rotatable bonds is 2. The van der Waals surface area contributed by atoms with Crippen LogP contribution in [-0.2, 0) is 6.18 Å². The van der Waals surface area contributed by atoms with E-state index < -0.39 is 17.7 Å². The molecule has 2 heterocycles. The van der Waals surface area contributed by atoms with Crippen molar-refractivity contribution in [2.75, 3.05) is 0 Å². The lowest BCUT2D eigenvalue weighted by Crippen LogP contribution is -2.06. The quantitative estimate of drug-likeness (QED) is 0.674. The molecule has 0 amide bonds. The number of aromatic nitrogens is 1. The molecule has 0 aliphatic rings. The number of carboxylic acid groups (broad SMARTS) is 1. The maximum atomic E-state index is 12.8. The topological polar surface area (TPSA) is 50.2 Å². The number of aromatic carboxylic acids is 1. The second-order valence-electron chi connectivity index (χ2n) is 4.69. The standard InChI is InChI=1S/C15H7ClF3NO2S/c16-13-4-3-12(23-13)11-6-9(14(21)22)8-5-7(15(17,18)19)1-2-10(8)20-11/h1-6H,(H,21,22). The van der Waals surface area contributed by atoms with E-state index in [2.05, 4.69) is 4.98 Å². The van der Waals surface area contributed by atoms with Crippen LogP contribution in [0, 0.1) is 0 Å². The van der Waals surface area contributed by atoms with Crippen LogP contribution >= 0.6 is 22.9 Å². The summed E-state index contributed by atoms with van der Waals surface area (Å²) in [6.07, 6.45) is -4.55. The number of benzene rings is 1. The first-order valence-electron chi connectivity index (χ1n) is 6.27. The fourth-order valence-electron chi connectivity index (χ4n) is 2.16. The molecule has 2 aromatic heterocycles. The van der Waals surface area contributed by atoms with Crippen LogP contribution in [0.25, 0.3) is 21.5 Å². The molecule has 118 valence electrons. The summed E-state index contributed by atoms with van der Waals surface area (Å²) in [4.78, 5) is 16.3. The third-order valence-electron chi connectivity index (χ3n) is 3.19. The van der Waals surface area contributed by atoms with Crippen molar-refractivity contribution in [2.45, 2.75) is 6.18 Å². The number of nitrogens with zero attached hydrogens (tertiary/aromatic N) is 1. The highest BCUT2D eigenvalue weighted by atomic mass is 35.5. The van der Waals surface area contributed by atoms with Crippen molar-refractivity contribution in [2.24, 2.45) is 0 Å². The fourth-order valence-corrected chi connectivity index (χ4v) is 3.16. The highest BCUT2D eigenvalue weighted by molar-refractivity contribution is 7.19. The molecule has 3 nitrogen and oxygen atoms in total. The molecule has 0 atom stereocenters. The van der Waals surface area contributed by atoms with Crippen molar-refractivity contribution in [1.82, 2.24) is 4.98 Å². The van der Waals surface area contributed by atoms with Crippen LogP contribution in [0.5, 0.6) is 0 Å². The molecule has 0 saturated carbocycles. The molecule has 1 N–H and O–H groups in total. The maximum absolute atomic E-state index is 12.8. The average Bonchev–Trinajstić information content (AvgIpc) is 2.91. The molecule has 8 heteroatoms. The minimum Gasteiger partial charge on any atom is -0.478 e. The van der Waals surface area contributed by atoms with Crippen molar-refractivity contribution >= 4 is 39.8 Å². The van der Waals surface area contributed by atoms with E-state index in [1.165, 1.54) is 23.5 Å². The molecule has 0 radical (unpaired) electrons. The van der Waals surface area contributed by atoms with Gasteiger partial charge in [-0.1, -0.05) is 11.6 Å². The molecule has 0 bridgehead atoms. The minimum absolute atomic E-state index is 0.0567. The monoisotopic (exact) mass is 357 g/mol. The number of pyridine rings is 1. The third-order valence-corrected chi connectivity index (χ3v) is 4.45. The van der Waals surface area contributed by atoms with Crippen molar-refractivity contribution in [1.29, 1.82) is 0 Å². The van der Waals surface area contributed by atoms with Gasteiger partial charge < -0.3 is 5.11 Å². The predicted molar refractivity (Wildman–Crippen MR) is 82.0 cm³/mol. The molecule has 0 saturated heterocycles. The molecule has 0 fully saturated rings. The van der Waals surface area contributed by atoms with Crippen LogP contribution in [-0.4, -0.2) is 16.1 Å². The second-order valence-corrected chi connectivity index (χ2v) is 6.41. The Hall–Kier alpha value is -2.12. The van der Waals surface area contributed by atoms with E-state index in [1.807, 2.05) is 0 Å². The lowest BCUT2D eigenvalue weighted by Gasteiger charge is -2.10. The molecule has 1 aromatic carbocycles. The van der Waals surface area contributed by atoms with E-state index in [0.717, 1.165) is 12.1 Å². The van der Waals surface area contributed by atoms with Gasteiger partial charge in [0.2, 0.25) is 0 Å². The first kappa shape index (κ1) is 15.8. The van der Waals surface area contributed by atoms with Gasteiger partial charge in [0.15, 0.2) is 0 Å². The Kier molecular flexibility index (Phi) is 3.77. The Labute approximate surface area is 137 Å². The Morgan fingerprint density at radius 1 is 1.17 bits per heavy atom. The molecular formula is C15H7ClF3NO2S. The lowest BCUT2D eigenvalue weighted by molar-refractivity contribution is -0.137. The normalized spacial score (nSPS) is 11.8. The number of carboxylic acids is 1. The zero-order valence-corrected chi connectivity index (χ0v) is 12.8. The van der Waals surface area contributed by atoms with Crippen molar-refractivity contribution < 1.29 is 23.1 Å². The first-order chi connectivity index (χ1) is 10.8. The Morgan fingerprint density at radius 2 is 1.91 bits per heavy atom. The number of halogens is 4. The fraction of sp³-hybridized carbons (Fsp3) is 0.0667. The minimum atomic E-state index is -4.55. The summed E-state index contributed by atoms with van der Waals surface area (Å²) in [5.74, 6) is -1.32. The number of thiophene rings is 1. The summed E-state index contributed by atoms with van der Waals surface area (Å²) >= 11 is 7.06. The van der Waals surface area contributed by atoms with Crippen LogP contribution in [0.15, 0.2) is 36.4 Å². The van der Waals surface area contributed by atoms with E-state index in [1.54, 1.807) is 12.1 Å². The largest absolute Gasteiger partial charge is 0.478 e. The van der Waals surface area contributed by atoms with Crippen LogP contribution < -0.4 is 0 Å². The zero-order valence-electron chi connectivity index (χ0n) is 11.2. The van der Waals surface area contributed by atoms with Gasteiger partial charge in [0.05, 0.1) is 31.6 Å². The number of hydrogen-bond donors (Lipinski definition) is 1. The smallest absolute Gasteiger partial charge is 0.416 e. The maximum Gasteiger partial charge on any atom is 0.416 e. The molecule has 0 aliphatic carbocycles. The van der Waals surface area contributed by atoms with E-state index in [-0.39, 0.29) is 16.5 Å². The van der Waals surface area contributed by atoms with E-state index >= 15 is 0 Å². The number of hydrogen-bond acceptors (Lipinski definition) is 3. The summed E-state index contributed by atoms with van der Waals surface area (Å²) in [7, 11) is 0. The van der Waals surface area contributed by atoms with Crippen molar-refractivity contribution in [3.63, 3.8) is 0 Å². The van der Waals surface area contributed by atoms with Crippen molar-refractivity contribution in [3.05, 3.63) is 51.9 Å².